The minimum Gasteiger partial charge on any atom is -0.497 e. The molecule has 2 aromatic carbocycles. The van der Waals surface area contributed by atoms with Gasteiger partial charge in [0.25, 0.3) is 5.91 Å². The number of ether oxygens (including phenoxy) is 2. The topological polar surface area (TPSA) is 47.6 Å². The predicted octanol–water partition coefficient (Wildman–Crippen LogP) is 3.43. The van der Waals surface area contributed by atoms with E-state index in [2.05, 4.69) is 5.32 Å². The fourth-order valence-corrected chi connectivity index (χ4v) is 1.99. The number of methoxy groups -OCH3 is 1. The van der Waals surface area contributed by atoms with Crippen molar-refractivity contribution in [2.75, 3.05) is 7.11 Å². The van der Waals surface area contributed by atoms with Crippen molar-refractivity contribution >= 4 is 17.5 Å². The molecule has 0 aliphatic carbocycles. The van der Waals surface area contributed by atoms with Gasteiger partial charge in [-0.3, -0.25) is 4.79 Å². The van der Waals surface area contributed by atoms with Gasteiger partial charge < -0.3 is 14.8 Å². The van der Waals surface area contributed by atoms with Crippen LogP contribution in [0.5, 0.6) is 11.5 Å². The van der Waals surface area contributed by atoms with Gasteiger partial charge in [-0.05, 0) is 36.8 Å². The highest BCUT2D eigenvalue weighted by Crippen LogP contribution is 2.20. The number of halogens is 1. The van der Waals surface area contributed by atoms with Crippen LogP contribution in [0.1, 0.15) is 12.5 Å². The molecule has 0 radical (unpaired) electrons. The van der Waals surface area contributed by atoms with E-state index in [0.29, 0.717) is 23.1 Å². The van der Waals surface area contributed by atoms with Crippen molar-refractivity contribution in [3.8, 4) is 11.5 Å². The number of hydrogen-bond acceptors (Lipinski definition) is 3. The molecule has 2 rings (SSSR count). The Morgan fingerprint density at radius 1 is 1.18 bits per heavy atom. The summed E-state index contributed by atoms with van der Waals surface area (Å²) in [6.07, 6.45) is -0.598. The van der Waals surface area contributed by atoms with Crippen LogP contribution in [-0.4, -0.2) is 19.1 Å². The standard InChI is InChI=1S/C17H18ClNO3/c1-12(22-16-5-3-4-15(10-16)21-2)17(20)19-11-13-6-8-14(18)9-7-13/h3-10,12H,11H2,1-2H3,(H,19,20)/t12-/m0/s1. The fraction of sp³-hybridized carbons (Fsp3) is 0.235. The van der Waals surface area contributed by atoms with Crippen molar-refractivity contribution < 1.29 is 14.3 Å². The Kier molecular flexibility index (Phi) is 5.67. The molecule has 0 fully saturated rings. The van der Waals surface area contributed by atoms with E-state index in [4.69, 9.17) is 21.1 Å². The average molecular weight is 320 g/mol. The van der Waals surface area contributed by atoms with E-state index in [-0.39, 0.29) is 5.91 Å². The highest BCUT2D eigenvalue weighted by atomic mass is 35.5. The Hall–Kier alpha value is -2.20. The lowest BCUT2D eigenvalue weighted by Gasteiger charge is -2.15. The van der Waals surface area contributed by atoms with Gasteiger partial charge in [-0.15, -0.1) is 0 Å². The van der Waals surface area contributed by atoms with Crippen molar-refractivity contribution in [1.82, 2.24) is 5.32 Å². The summed E-state index contributed by atoms with van der Waals surface area (Å²) in [5, 5.41) is 3.50. The van der Waals surface area contributed by atoms with Crippen LogP contribution in [0.25, 0.3) is 0 Å². The van der Waals surface area contributed by atoms with Crippen molar-refractivity contribution in [2.24, 2.45) is 0 Å². The fourth-order valence-electron chi connectivity index (χ4n) is 1.87. The molecular formula is C17H18ClNO3. The van der Waals surface area contributed by atoms with Gasteiger partial charge in [0.15, 0.2) is 6.10 Å². The van der Waals surface area contributed by atoms with Crippen LogP contribution in [0.2, 0.25) is 5.02 Å². The van der Waals surface area contributed by atoms with Crippen LogP contribution in [0.4, 0.5) is 0 Å². The van der Waals surface area contributed by atoms with Crippen LogP contribution >= 0.6 is 11.6 Å². The predicted molar refractivity (Wildman–Crippen MR) is 86.4 cm³/mol. The maximum absolute atomic E-state index is 12.0. The maximum atomic E-state index is 12.0. The first-order valence-electron chi connectivity index (χ1n) is 6.91. The Morgan fingerprint density at radius 2 is 1.86 bits per heavy atom. The van der Waals surface area contributed by atoms with Gasteiger partial charge in [0, 0.05) is 17.6 Å². The molecule has 0 spiro atoms. The van der Waals surface area contributed by atoms with Crippen molar-refractivity contribution in [3.05, 3.63) is 59.1 Å². The summed E-state index contributed by atoms with van der Waals surface area (Å²) in [6, 6.07) is 14.5. The van der Waals surface area contributed by atoms with E-state index >= 15 is 0 Å². The minimum atomic E-state index is -0.598. The van der Waals surface area contributed by atoms with Gasteiger partial charge in [0.2, 0.25) is 0 Å². The van der Waals surface area contributed by atoms with E-state index in [1.165, 1.54) is 0 Å². The molecule has 5 heteroatoms. The zero-order valence-electron chi connectivity index (χ0n) is 12.5. The zero-order valence-corrected chi connectivity index (χ0v) is 13.3. The Labute approximate surface area is 135 Å². The zero-order chi connectivity index (χ0) is 15.9. The van der Waals surface area contributed by atoms with Crippen LogP contribution < -0.4 is 14.8 Å². The second-order valence-corrected chi connectivity index (χ2v) is 5.22. The smallest absolute Gasteiger partial charge is 0.261 e. The molecule has 1 atom stereocenters. The second-order valence-electron chi connectivity index (χ2n) is 4.78. The van der Waals surface area contributed by atoms with E-state index in [1.807, 2.05) is 24.3 Å². The average Bonchev–Trinajstić information content (AvgIpc) is 2.54. The lowest BCUT2D eigenvalue weighted by Crippen LogP contribution is -2.35. The van der Waals surface area contributed by atoms with E-state index < -0.39 is 6.10 Å². The molecule has 0 heterocycles. The second kappa shape index (κ2) is 7.71. The molecule has 0 aromatic heterocycles. The van der Waals surface area contributed by atoms with Gasteiger partial charge in [0.1, 0.15) is 11.5 Å². The quantitative estimate of drug-likeness (QED) is 0.887. The maximum Gasteiger partial charge on any atom is 0.261 e. The van der Waals surface area contributed by atoms with Gasteiger partial charge in [0.05, 0.1) is 7.11 Å². The summed E-state index contributed by atoms with van der Waals surface area (Å²) in [6.45, 7) is 2.14. The SMILES string of the molecule is COc1cccc(O[C@@H](C)C(=O)NCc2ccc(Cl)cc2)c1. The third-order valence-electron chi connectivity index (χ3n) is 3.10. The van der Waals surface area contributed by atoms with Gasteiger partial charge in [-0.1, -0.05) is 29.8 Å². The number of carbonyl (C=O) groups excluding carboxylic acids is 1. The Bertz CT molecular complexity index is 628. The van der Waals surface area contributed by atoms with Gasteiger partial charge in [-0.25, -0.2) is 0 Å². The Balaban J connectivity index is 1.87. The van der Waals surface area contributed by atoms with Gasteiger partial charge in [-0.2, -0.15) is 0 Å². The van der Waals surface area contributed by atoms with Crippen molar-refractivity contribution in [2.45, 2.75) is 19.6 Å². The lowest BCUT2D eigenvalue weighted by molar-refractivity contribution is -0.127. The molecule has 0 saturated heterocycles. The first-order chi connectivity index (χ1) is 10.6. The molecule has 0 aliphatic heterocycles. The van der Waals surface area contributed by atoms with Crippen LogP contribution in [0.15, 0.2) is 48.5 Å². The van der Waals surface area contributed by atoms with Crippen molar-refractivity contribution in [3.63, 3.8) is 0 Å². The molecule has 1 N–H and O–H groups in total. The molecule has 0 aliphatic rings. The summed E-state index contributed by atoms with van der Waals surface area (Å²) in [5.74, 6) is 1.09. The lowest BCUT2D eigenvalue weighted by atomic mass is 10.2. The van der Waals surface area contributed by atoms with Crippen LogP contribution in [0, 0.1) is 0 Å². The minimum absolute atomic E-state index is 0.183. The number of rotatable bonds is 6. The van der Waals surface area contributed by atoms with E-state index in [0.717, 1.165) is 5.56 Å². The summed E-state index contributed by atoms with van der Waals surface area (Å²) in [4.78, 5) is 12.0. The molecule has 22 heavy (non-hydrogen) atoms. The summed E-state index contributed by atoms with van der Waals surface area (Å²) in [7, 11) is 1.58. The number of hydrogen-bond donors (Lipinski definition) is 1. The molecule has 0 saturated carbocycles. The molecule has 0 unspecified atom stereocenters. The third-order valence-corrected chi connectivity index (χ3v) is 3.36. The molecule has 2 aromatic rings. The number of nitrogens with one attached hydrogen (secondary N) is 1. The summed E-state index contributed by atoms with van der Waals surface area (Å²) >= 11 is 5.82. The number of benzene rings is 2. The molecule has 4 nitrogen and oxygen atoms in total. The molecule has 116 valence electrons. The highest BCUT2D eigenvalue weighted by Gasteiger charge is 2.14. The molecular weight excluding hydrogens is 302 g/mol. The van der Waals surface area contributed by atoms with Crippen molar-refractivity contribution in [1.29, 1.82) is 0 Å². The van der Waals surface area contributed by atoms with Crippen LogP contribution in [0.3, 0.4) is 0 Å². The van der Waals surface area contributed by atoms with E-state index in [9.17, 15) is 4.79 Å². The first-order valence-corrected chi connectivity index (χ1v) is 7.29. The van der Waals surface area contributed by atoms with Crippen LogP contribution in [-0.2, 0) is 11.3 Å². The molecule has 1 amide bonds. The summed E-state index contributed by atoms with van der Waals surface area (Å²) in [5.41, 5.74) is 0.978. The number of amides is 1. The molecule has 0 bridgehead atoms. The number of carbonyl (C=O) groups is 1. The van der Waals surface area contributed by atoms with E-state index in [1.54, 1.807) is 38.3 Å². The highest BCUT2D eigenvalue weighted by molar-refractivity contribution is 6.30. The third kappa shape index (κ3) is 4.67. The largest absolute Gasteiger partial charge is 0.497 e. The summed E-state index contributed by atoms with van der Waals surface area (Å²) < 4.78 is 10.7. The monoisotopic (exact) mass is 319 g/mol. The van der Waals surface area contributed by atoms with Gasteiger partial charge >= 0.3 is 0 Å². The first kappa shape index (κ1) is 16.2. The Morgan fingerprint density at radius 3 is 2.55 bits per heavy atom. The normalized spacial score (nSPS) is 11.6.